The zero-order valence-corrected chi connectivity index (χ0v) is 13.6. The Morgan fingerprint density at radius 2 is 2.12 bits per heavy atom. The molecule has 3 rings (SSSR count). The Morgan fingerprint density at radius 1 is 1.33 bits per heavy atom. The molecule has 8 nitrogen and oxygen atoms in total. The first kappa shape index (κ1) is 16.0. The van der Waals surface area contributed by atoms with E-state index >= 15 is 0 Å². The van der Waals surface area contributed by atoms with Gasteiger partial charge in [0, 0.05) is 19.2 Å². The molecule has 0 spiro atoms. The highest BCUT2D eigenvalue weighted by Gasteiger charge is 2.43. The van der Waals surface area contributed by atoms with E-state index < -0.39 is 11.6 Å². The number of carbonyl (C=O) groups excluding carboxylic acids is 3. The van der Waals surface area contributed by atoms with Crippen molar-refractivity contribution in [2.24, 2.45) is 0 Å². The fourth-order valence-corrected chi connectivity index (χ4v) is 2.64. The van der Waals surface area contributed by atoms with Crippen LogP contribution in [0.25, 0.3) is 5.52 Å². The van der Waals surface area contributed by atoms with Gasteiger partial charge >= 0.3 is 6.03 Å². The Morgan fingerprint density at radius 3 is 2.83 bits per heavy atom. The summed E-state index contributed by atoms with van der Waals surface area (Å²) in [6, 6.07) is 5.22. The highest BCUT2D eigenvalue weighted by molar-refractivity contribution is 6.06. The van der Waals surface area contributed by atoms with Crippen molar-refractivity contribution in [3.05, 3.63) is 30.6 Å². The number of amides is 4. The maximum Gasteiger partial charge on any atom is 0.325 e. The van der Waals surface area contributed by atoms with E-state index in [1.54, 1.807) is 24.4 Å². The average Bonchev–Trinajstić information content (AvgIpc) is 3.01. The molecule has 2 aromatic heterocycles. The molecular formula is C16H19N5O3. The zero-order valence-electron chi connectivity index (χ0n) is 13.6. The van der Waals surface area contributed by atoms with Crippen molar-refractivity contribution in [2.75, 3.05) is 11.9 Å². The van der Waals surface area contributed by atoms with E-state index in [0.717, 1.165) is 10.4 Å². The Labute approximate surface area is 138 Å². The van der Waals surface area contributed by atoms with E-state index in [1.807, 2.05) is 24.4 Å². The minimum Gasteiger partial charge on any atom is -0.324 e. The van der Waals surface area contributed by atoms with Gasteiger partial charge in [-0.15, -0.1) is 0 Å². The van der Waals surface area contributed by atoms with Gasteiger partial charge in [0.15, 0.2) is 0 Å². The van der Waals surface area contributed by atoms with Gasteiger partial charge in [-0.3, -0.25) is 24.2 Å². The van der Waals surface area contributed by atoms with E-state index in [-0.39, 0.29) is 24.8 Å². The summed E-state index contributed by atoms with van der Waals surface area (Å²) in [6.45, 7) is 3.52. The van der Waals surface area contributed by atoms with Crippen LogP contribution in [0.3, 0.4) is 0 Å². The third kappa shape index (κ3) is 2.94. The number of hydrogen-bond donors (Lipinski definition) is 2. The van der Waals surface area contributed by atoms with Gasteiger partial charge in [0.1, 0.15) is 5.54 Å². The summed E-state index contributed by atoms with van der Waals surface area (Å²) in [7, 11) is 0. The predicted octanol–water partition coefficient (Wildman–Crippen LogP) is 1.38. The number of aromatic nitrogens is 2. The number of imide groups is 1. The first-order valence-corrected chi connectivity index (χ1v) is 7.74. The van der Waals surface area contributed by atoms with Gasteiger partial charge in [0.2, 0.25) is 11.9 Å². The predicted molar refractivity (Wildman–Crippen MR) is 87.4 cm³/mol. The highest BCUT2D eigenvalue weighted by atomic mass is 16.2. The van der Waals surface area contributed by atoms with Crippen LogP contribution in [0.1, 0.15) is 26.7 Å². The van der Waals surface area contributed by atoms with E-state index in [2.05, 4.69) is 15.6 Å². The molecular weight excluding hydrogens is 310 g/mol. The van der Waals surface area contributed by atoms with Gasteiger partial charge in [-0.05, 0) is 32.4 Å². The normalized spacial score (nSPS) is 16.5. The second kappa shape index (κ2) is 5.95. The molecule has 0 bridgehead atoms. The largest absolute Gasteiger partial charge is 0.325 e. The summed E-state index contributed by atoms with van der Waals surface area (Å²) < 4.78 is 1.78. The molecule has 126 valence electrons. The number of imidazole rings is 1. The second-order valence-corrected chi connectivity index (χ2v) is 6.24. The molecule has 1 aliphatic rings. The van der Waals surface area contributed by atoms with E-state index in [1.165, 1.54) is 0 Å². The van der Waals surface area contributed by atoms with Gasteiger partial charge in [-0.1, -0.05) is 6.07 Å². The summed E-state index contributed by atoms with van der Waals surface area (Å²) in [6.07, 6.45) is 4.07. The summed E-state index contributed by atoms with van der Waals surface area (Å²) in [4.78, 5) is 41.2. The van der Waals surface area contributed by atoms with Gasteiger partial charge in [0.05, 0.1) is 11.7 Å². The number of anilines is 1. The number of fused-ring (bicyclic) bond motifs is 1. The van der Waals surface area contributed by atoms with Crippen molar-refractivity contribution in [1.82, 2.24) is 19.6 Å². The maximum absolute atomic E-state index is 12.0. The number of nitrogens with zero attached hydrogens (tertiary/aromatic N) is 3. The molecule has 3 heterocycles. The lowest BCUT2D eigenvalue weighted by Crippen LogP contribution is -2.40. The number of hydrogen-bond acceptors (Lipinski definition) is 4. The van der Waals surface area contributed by atoms with Crippen LogP contribution in [0.15, 0.2) is 30.6 Å². The summed E-state index contributed by atoms with van der Waals surface area (Å²) in [5.74, 6) is -0.0310. The van der Waals surface area contributed by atoms with Crippen molar-refractivity contribution in [3.8, 4) is 0 Å². The number of nitrogens with one attached hydrogen (secondary N) is 2. The van der Waals surface area contributed by atoms with Crippen LogP contribution in [0.5, 0.6) is 0 Å². The van der Waals surface area contributed by atoms with E-state index in [9.17, 15) is 14.4 Å². The molecule has 1 fully saturated rings. The number of rotatable bonds is 5. The molecule has 2 N–H and O–H groups in total. The van der Waals surface area contributed by atoms with Crippen molar-refractivity contribution in [2.45, 2.75) is 32.2 Å². The fraction of sp³-hybridized carbons (Fsp3) is 0.375. The van der Waals surface area contributed by atoms with Crippen molar-refractivity contribution >= 4 is 29.3 Å². The van der Waals surface area contributed by atoms with Crippen LogP contribution in [-0.4, -0.2) is 44.2 Å². The molecule has 8 heteroatoms. The number of pyridine rings is 1. The van der Waals surface area contributed by atoms with Crippen LogP contribution in [0, 0.1) is 0 Å². The SMILES string of the molecule is CC1(C)NC(=O)N(CCCC(=O)Nc2ncc3ccccn23)C1=O. The standard InChI is InChI=1S/C16H19N5O3/c1-16(2)13(23)21(15(24)19-16)9-5-7-12(22)18-14-17-10-11-6-3-4-8-20(11)14/h3-4,6,8,10H,5,7,9H2,1-2H3,(H,19,24)(H,17,18,22). The maximum atomic E-state index is 12.0. The van der Waals surface area contributed by atoms with Crippen LogP contribution in [0.4, 0.5) is 10.7 Å². The smallest absolute Gasteiger partial charge is 0.324 e. The van der Waals surface area contributed by atoms with Crippen molar-refractivity contribution < 1.29 is 14.4 Å². The first-order valence-electron chi connectivity index (χ1n) is 7.74. The molecule has 1 saturated heterocycles. The Hall–Kier alpha value is -2.90. The average molecular weight is 329 g/mol. The van der Waals surface area contributed by atoms with Crippen molar-refractivity contribution in [1.29, 1.82) is 0 Å². The van der Waals surface area contributed by atoms with Crippen LogP contribution >= 0.6 is 0 Å². The third-order valence-electron chi connectivity index (χ3n) is 3.92. The zero-order chi connectivity index (χ0) is 17.3. The minimum absolute atomic E-state index is 0.194. The number of urea groups is 1. The lowest BCUT2D eigenvalue weighted by molar-refractivity contribution is -0.130. The number of carbonyl (C=O) groups is 3. The van der Waals surface area contributed by atoms with Crippen LogP contribution in [-0.2, 0) is 9.59 Å². The molecule has 1 aliphatic heterocycles. The molecule has 0 atom stereocenters. The minimum atomic E-state index is -0.881. The third-order valence-corrected chi connectivity index (χ3v) is 3.92. The van der Waals surface area contributed by atoms with E-state index in [4.69, 9.17) is 0 Å². The van der Waals surface area contributed by atoms with Crippen molar-refractivity contribution in [3.63, 3.8) is 0 Å². The lowest BCUT2D eigenvalue weighted by atomic mass is 10.1. The molecule has 0 unspecified atom stereocenters. The highest BCUT2D eigenvalue weighted by Crippen LogP contribution is 2.17. The lowest BCUT2D eigenvalue weighted by Gasteiger charge is -2.15. The molecule has 24 heavy (non-hydrogen) atoms. The van der Waals surface area contributed by atoms with Crippen LogP contribution < -0.4 is 10.6 Å². The monoisotopic (exact) mass is 329 g/mol. The quantitative estimate of drug-likeness (QED) is 0.810. The topological polar surface area (TPSA) is 95.8 Å². The molecule has 0 saturated carbocycles. The molecule has 0 aliphatic carbocycles. The summed E-state index contributed by atoms with van der Waals surface area (Å²) >= 11 is 0. The van der Waals surface area contributed by atoms with Gasteiger partial charge < -0.3 is 5.32 Å². The molecule has 2 aromatic rings. The van der Waals surface area contributed by atoms with Gasteiger partial charge in [-0.2, -0.15) is 0 Å². The molecule has 0 radical (unpaired) electrons. The Bertz CT molecular complexity index is 811. The summed E-state index contributed by atoms with van der Waals surface area (Å²) in [5.41, 5.74) is 0.00283. The van der Waals surface area contributed by atoms with Crippen LogP contribution in [0.2, 0.25) is 0 Å². The summed E-state index contributed by atoms with van der Waals surface area (Å²) in [5, 5.41) is 5.35. The van der Waals surface area contributed by atoms with Gasteiger partial charge in [0.25, 0.3) is 5.91 Å². The Balaban J connectivity index is 1.53. The van der Waals surface area contributed by atoms with E-state index in [0.29, 0.717) is 12.4 Å². The molecule has 4 amide bonds. The second-order valence-electron chi connectivity index (χ2n) is 6.24. The van der Waals surface area contributed by atoms with Gasteiger partial charge in [-0.25, -0.2) is 9.78 Å². The first-order chi connectivity index (χ1) is 11.4. The fourth-order valence-electron chi connectivity index (χ4n) is 2.64. The Kier molecular flexibility index (Phi) is 3.96. The molecule has 0 aromatic carbocycles.